The molecule has 0 saturated carbocycles. The monoisotopic (exact) mass is 312 g/mol. The topological polar surface area (TPSA) is 67.2 Å². The van der Waals surface area contributed by atoms with Crippen LogP contribution in [0, 0.1) is 0 Å². The van der Waals surface area contributed by atoms with E-state index in [2.05, 4.69) is 10.3 Å². The first-order valence-electron chi connectivity index (χ1n) is 7.74. The predicted octanol–water partition coefficient (Wildman–Crippen LogP) is 1.25. The Morgan fingerprint density at radius 2 is 2.13 bits per heavy atom. The highest BCUT2D eigenvalue weighted by Crippen LogP contribution is 2.20. The third-order valence-corrected chi connectivity index (χ3v) is 4.06. The summed E-state index contributed by atoms with van der Waals surface area (Å²) in [6.45, 7) is 0.761. The highest BCUT2D eigenvalue weighted by Gasteiger charge is 2.25. The van der Waals surface area contributed by atoms with Crippen molar-refractivity contribution in [1.29, 1.82) is 0 Å². The first kappa shape index (κ1) is 15.3. The Balaban J connectivity index is 1.78. The Hall–Kier alpha value is -2.63. The van der Waals surface area contributed by atoms with Crippen LogP contribution in [0.2, 0.25) is 0 Å². The number of imidazole rings is 1. The van der Waals surface area contributed by atoms with E-state index in [1.807, 2.05) is 48.1 Å². The van der Waals surface area contributed by atoms with Crippen LogP contribution in [0.25, 0.3) is 0 Å². The summed E-state index contributed by atoms with van der Waals surface area (Å²) in [6, 6.07) is 9.38. The van der Waals surface area contributed by atoms with Crippen molar-refractivity contribution < 1.29 is 9.59 Å². The van der Waals surface area contributed by atoms with Crippen molar-refractivity contribution in [1.82, 2.24) is 19.8 Å². The largest absolute Gasteiger partial charge is 0.341 e. The zero-order valence-electron chi connectivity index (χ0n) is 13.1. The SMILES string of the molecule is Cn1ccnc1C(NC(=O)CN1CCCC1=O)c1ccccc1. The zero-order valence-corrected chi connectivity index (χ0v) is 13.1. The van der Waals surface area contributed by atoms with Crippen LogP contribution in [0.1, 0.15) is 30.3 Å². The molecule has 3 rings (SSSR count). The Kier molecular flexibility index (Phi) is 4.41. The molecule has 6 heteroatoms. The van der Waals surface area contributed by atoms with E-state index in [0.29, 0.717) is 13.0 Å². The van der Waals surface area contributed by atoms with Gasteiger partial charge in [0.25, 0.3) is 0 Å². The molecule has 0 spiro atoms. The van der Waals surface area contributed by atoms with Crippen LogP contribution in [-0.4, -0.2) is 39.4 Å². The first-order valence-corrected chi connectivity index (χ1v) is 7.74. The molecule has 2 amide bonds. The minimum atomic E-state index is -0.332. The normalized spacial score (nSPS) is 15.7. The predicted molar refractivity (Wildman–Crippen MR) is 85.4 cm³/mol. The van der Waals surface area contributed by atoms with E-state index in [-0.39, 0.29) is 24.4 Å². The summed E-state index contributed by atoms with van der Waals surface area (Å²) in [6.07, 6.45) is 4.92. The number of hydrogen-bond donors (Lipinski definition) is 1. The summed E-state index contributed by atoms with van der Waals surface area (Å²) >= 11 is 0. The van der Waals surface area contributed by atoms with Gasteiger partial charge in [-0.05, 0) is 12.0 Å². The molecule has 1 fully saturated rings. The van der Waals surface area contributed by atoms with Gasteiger partial charge in [0.2, 0.25) is 11.8 Å². The fourth-order valence-electron chi connectivity index (χ4n) is 2.85. The number of aromatic nitrogens is 2. The quantitative estimate of drug-likeness (QED) is 0.903. The molecule has 1 unspecified atom stereocenters. The minimum Gasteiger partial charge on any atom is -0.341 e. The number of nitrogens with zero attached hydrogens (tertiary/aromatic N) is 3. The minimum absolute atomic E-state index is 0.0494. The number of rotatable bonds is 5. The number of aryl methyl sites for hydroxylation is 1. The number of nitrogens with one attached hydrogen (secondary N) is 1. The van der Waals surface area contributed by atoms with E-state index in [1.54, 1.807) is 11.1 Å². The Morgan fingerprint density at radius 1 is 1.35 bits per heavy atom. The van der Waals surface area contributed by atoms with Crippen LogP contribution in [0.4, 0.5) is 0 Å². The number of hydrogen-bond acceptors (Lipinski definition) is 3. The Bertz CT molecular complexity index is 696. The second-order valence-electron chi connectivity index (χ2n) is 5.73. The molecule has 1 aliphatic rings. The summed E-state index contributed by atoms with van der Waals surface area (Å²) in [5.41, 5.74) is 0.961. The van der Waals surface area contributed by atoms with Gasteiger partial charge in [-0.1, -0.05) is 30.3 Å². The van der Waals surface area contributed by atoms with Gasteiger partial charge in [-0.15, -0.1) is 0 Å². The molecule has 23 heavy (non-hydrogen) atoms. The van der Waals surface area contributed by atoms with Gasteiger partial charge in [0, 0.05) is 32.4 Å². The van der Waals surface area contributed by atoms with Crippen molar-refractivity contribution in [3.8, 4) is 0 Å². The lowest BCUT2D eigenvalue weighted by Gasteiger charge is -2.21. The molecule has 2 aromatic rings. The van der Waals surface area contributed by atoms with Crippen molar-refractivity contribution in [3.05, 3.63) is 54.1 Å². The fourth-order valence-corrected chi connectivity index (χ4v) is 2.85. The van der Waals surface area contributed by atoms with Crippen LogP contribution in [0.3, 0.4) is 0 Å². The van der Waals surface area contributed by atoms with Gasteiger partial charge in [0.1, 0.15) is 11.9 Å². The van der Waals surface area contributed by atoms with E-state index in [9.17, 15) is 9.59 Å². The summed E-state index contributed by atoms with van der Waals surface area (Å²) in [5, 5.41) is 3.01. The summed E-state index contributed by atoms with van der Waals surface area (Å²) < 4.78 is 1.89. The molecule has 1 N–H and O–H groups in total. The Morgan fingerprint density at radius 3 is 2.74 bits per heavy atom. The van der Waals surface area contributed by atoms with Crippen molar-refractivity contribution in [2.75, 3.05) is 13.1 Å². The summed E-state index contributed by atoms with van der Waals surface area (Å²) in [4.78, 5) is 30.0. The molecule has 120 valence electrons. The highest BCUT2D eigenvalue weighted by atomic mass is 16.2. The van der Waals surface area contributed by atoms with Crippen molar-refractivity contribution in [3.63, 3.8) is 0 Å². The van der Waals surface area contributed by atoms with Crippen LogP contribution in [0.15, 0.2) is 42.7 Å². The average molecular weight is 312 g/mol. The summed E-state index contributed by atoms with van der Waals surface area (Å²) in [7, 11) is 1.90. The summed E-state index contributed by atoms with van der Waals surface area (Å²) in [5.74, 6) is 0.641. The first-order chi connectivity index (χ1) is 11.1. The molecule has 0 bridgehead atoms. The maximum atomic E-state index is 12.4. The third-order valence-electron chi connectivity index (χ3n) is 4.06. The lowest BCUT2D eigenvalue weighted by molar-refractivity contribution is -0.133. The van der Waals surface area contributed by atoms with Crippen molar-refractivity contribution in [2.45, 2.75) is 18.9 Å². The van der Waals surface area contributed by atoms with Crippen LogP contribution < -0.4 is 5.32 Å². The number of benzene rings is 1. The maximum absolute atomic E-state index is 12.4. The number of amides is 2. The van der Waals surface area contributed by atoms with Crippen LogP contribution >= 0.6 is 0 Å². The van der Waals surface area contributed by atoms with Crippen molar-refractivity contribution in [2.24, 2.45) is 7.05 Å². The van der Waals surface area contributed by atoms with Gasteiger partial charge >= 0.3 is 0 Å². The highest BCUT2D eigenvalue weighted by molar-refractivity contribution is 5.86. The fraction of sp³-hybridized carbons (Fsp3) is 0.353. The molecule has 1 aliphatic heterocycles. The van der Waals surface area contributed by atoms with Crippen molar-refractivity contribution >= 4 is 11.8 Å². The molecule has 1 atom stereocenters. The smallest absolute Gasteiger partial charge is 0.240 e. The maximum Gasteiger partial charge on any atom is 0.240 e. The number of carbonyl (C=O) groups is 2. The van der Waals surface area contributed by atoms with Gasteiger partial charge in [0.15, 0.2) is 0 Å². The zero-order chi connectivity index (χ0) is 16.2. The van der Waals surface area contributed by atoms with E-state index < -0.39 is 0 Å². The Labute approximate surface area is 135 Å². The van der Waals surface area contributed by atoms with Gasteiger partial charge < -0.3 is 14.8 Å². The van der Waals surface area contributed by atoms with E-state index in [0.717, 1.165) is 17.8 Å². The molecule has 1 saturated heterocycles. The second kappa shape index (κ2) is 6.64. The molecule has 2 heterocycles. The lowest BCUT2D eigenvalue weighted by atomic mass is 10.1. The molecular weight excluding hydrogens is 292 g/mol. The molecule has 1 aromatic heterocycles. The lowest BCUT2D eigenvalue weighted by Crippen LogP contribution is -2.40. The molecule has 0 aliphatic carbocycles. The van der Waals surface area contributed by atoms with E-state index in [1.165, 1.54) is 0 Å². The van der Waals surface area contributed by atoms with E-state index in [4.69, 9.17) is 0 Å². The van der Waals surface area contributed by atoms with Gasteiger partial charge in [0.05, 0.1) is 6.54 Å². The van der Waals surface area contributed by atoms with Gasteiger partial charge in [-0.2, -0.15) is 0 Å². The van der Waals surface area contributed by atoms with Crippen LogP contribution in [-0.2, 0) is 16.6 Å². The standard InChI is InChI=1S/C17H20N4O2/c1-20-11-9-18-17(20)16(13-6-3-2-4-7-13)19-14(22)12-21-10-5-8-15(21)23/h2-4,6-7,9,11,16H,5,8,10,12H2,1H3,(H,19,22). The van der Waals surface area contributed by atoms with E-state index >= 15 is 0 Å². The molecule has 0 radical (unpaired) electrons. The molecule has 1 aromatic carbocycles. The average Bonchev–Trinajstić information content (AvgIpc) is 3.15. The number of carbonyl (C=O) groups excluding carboxylic acids is 2. The van der Waals surface area contributed by atoms with Gasteiger partial charge in [-0.25, -0.2) is 4.98 Å². The molecule has 6 nitrogen and oxygen atoms in total. The van der Waals surface area contributed by atoms with Crippen LogP contribution in [0.5, 0.6) is 0 Å². The third kappa shape index (κ3) is 3.41. The molecular formula is C17H20N4O2. The number of likely N-dealkylation sites (tertiary alicyclic amines) is 1. The van der Waals surface area contributed by atoms with Gasteiger partial charge in [-0.3, -0.25) is 9.59 Å². The second-order valence-corrected chi connectivity index (χ2v) is 5.73.